The zero-order valence-corrected chi connectivity index (χ0v) is 15.6. The van der Waals surface area contributed by atoms with Crippen molar-refractivity contribution in [2.45, 2.75) is 26.4 Å². The lowest BCUT2D eigenvalue weighted by molar-refractivity contribution is 0.102. The fourth-order valence-corrected chi connectivity index (χ4v) is 2.68. The van der Waals surface area contributed by atoms with Crippen LogP contribution in [-0.4, -0.2) is 22.1 Å². The summed E-state index contributed by atoms with van der Waals surface area (Å²) in [6.45, 7) is 4.76. The van der Waals surface area contributed by atoms with Crippen molar-refractivity contribution in [3.63, 3.8) is 0 Å². The Hall–Kier alpha value is -3.35. The SMILES string of the molecule is CC(C)N(Cc1ccccc1)c1ccc(C(=O)Nc2ccc(F)c(F)c2)nn1. The van der Waals surface area contributed by atoms with Gasteiger partial charge >= 0.3 is 0 Å². The topological polar surface area (TPSA) is 58.1 Å². The van der Waals surface area contributed by atoms with Crippen LogP contribution in [0.2, 0.25) is 0 Å². The van der Waals surface area contributed by atoms with Crippen molar-refractivity contribution in [3.8, 4) is 0 Å². The third-order valence-corrected chi connectivity index (χ3v) is 4.17. The highest BCUT2D eigenvalue weighted by molar-refractivity contribution is 6.02. The van der Waals surface area contributed by atoms with E-state index >= 15 is 0 Å². The molecule has 0 fully saturated rings. The van der Waals surface area contributed by atoms with Crippen molar-refractivity contribution < 1.29 is 13.6 Å². The van der Waals surface area contributed by atoms with Gasteiger partial charge in [-0.3, -0.25) is 4.79 Å². The molecule has 0 spiro atoms. The normalized spacial score (nSPS) is 10.8. The summed E-state index contributed by atoms with van der Waals surface area (Å²) in [6.07, 6.45) is 0. The van der Waals surface area contributed by atoms with E-state index < -0.39 is 17.5 Å². The lowest BCUT2D eigenvalue weighted by atomic mass is 10.2. The number of nitrogens with one attached hydrogen (secondary N) is 1. The number of carbonyl (C=O) groups is 1. The van der Waals surface area contributed by atoms with Crippen LogP contribution in [0.1, 0.15) is 29.9 Å². The molecule has 5 nitrogen and oxygen atoms in total. The minimum Gasteiger partial charge on any atom is -0.348 e. The predicted octanol–water partition coefficient (Wildman–Crippen LogP) is 4.42. The van der Waals surface area contributed by atoms with Crippen LogP contribution in [0.25, 0.3) is 0 Å². The Morgan fingerprint density at radius 1 is 1.00 bits per heavy atom. The zero-order chi connectivity index (χ0) is 20.1. The number of aromatic nitrogens is 2. The van der Waals surface area contributed by atoms with E-state index in [1.807, 2.05) is 44.2 Å². The number of nitrogens with zero attached hydrogens (tertiary/aromatic N) is 3. The quantitative estimate of drug-likeness (QED) is 0.686. The maximum atomic E-state index is 13.3. The summed E-state index contributed by atoms with van der Waals surface area (Å²) in [5, 5.41) is 10.6. The fourth-order valence-electron chi connectivity index (χ4n) is 2.68. The third-order valence-electron chi connectivity index (χ3n) is 4.17. The van der Waals surface area contributed by atoms with Crippen LogP contribution in [0.5, 0.6) is 0 Å². The molecule has 0 radical (unpaired) electrons. The highest BCUT2D eigenvalue weighted by Gasteiger charge is 2.15. The maximum Gasteiger partial charge on any atom is 0.276 e. The van der Waals surface area contributed by atoms with E-state index in [-0.39, 0.29) is 17.4 Å². The second kappa shape index (κ2) is 8.56. The molecule has 1 aromatic heterocycles. The van der Waals surface area contributed by atoms with Gasteiger partial charge in [0.25, 0.3) is 5.91 Å². The Kier molecular flexibility index (Phi) is 5.93. The Bertz CT molecular complexity index is 946. The number of rotatable bonds is 6. The molecule has 2 aromatic carbocycles. The minimum absolute atomic E-state index is 0.0805. The van der Waals surface area contributed by atoms with Gasteiger partial charge in [-0.15, -0.1) is 10.2 Å². The minimum atomic E-state index is -1.03. The van der Waals surface area contributed by atoms with Gasteiger partial charge in [0.1, 0.15) is 0 Å². The molecule has 0 unspecified atom stereocenters. The van der Waals surface area contributed by atoms with Crippen molar-refractivity contribution in [1.29, 1.82) is 0 Å². The Labute approximate surface area is 162 Å². The first kappa shape index (κ1) is 19.4. The maximum absolute atomic E-state index is 13.3. The first-order valence-corrected chi connectivity index (χ1v) is 8.84. The largest absolute Gasteiger partial charge is 0.348 e. The van der Waals surface area contributed by atoms with Crippen LogP contribution in [-0.2, 0) is 6.54 Å². The number of anilines is 2. The number of hydrogen-bond acceptors (Lipinski definition) is 4. The van der Waals surface area contributed by atoms with Gasteiger partial charge in [0.2, 0.25) is 0 Å². The van der Waals surface area contributed by atoms with E-state index in [0.29, 0.717) is 12.4 Å². The summed E-state index contributed by atoms with van der Waals surface area (Å²) >= 11 is 0. The van der Waals surface area contributed by atoms with Gasteiger partial charge in [-0.2, -0.15) is 0 Å². The number of benzene rings is 2. The average molecular weight is 382 g/mol. The number of amides is 1. The summed E-state index contributed by atoms with van der Waals surface area (Å²) < 4.78 is 26.3. The lowest BCUT2D eigenvalue weighted by Crippen LogP contribution is -2.31. The standard InChI is InChI=1S/C21H20F2N4O/c1-14(2)27(13-15-6-4-3-5-7-15)20-11-10-19(25-26-20)21(28)24-16-8-9-17(22)18(23)12-16/h3-12,14H,13H2,1-2H3,(H,24,28). The summed E-state index contributed by atoms with van der Waals surface area (Å²) in [4.78, 5) is 14.3. The van der Waals surface area contributed by atoms with Crippen molar-refractivity contribution in [1.82, 2.24) is 10.2 Å². The van der Waals surface area contributed by atoms with Crippen LogP contribution in [0, 0.1) is 11.6 Å². The molecule has 3 aromatic rings. The number of halogens is 2. The summed E-state index contributed by atoms with van der Waals surface area (Å²) in [7, 11) is 0. The molecule has 28 heavy (non-hydrogen) atoms. The number of hydrogen-bond donors (Lipinski definition) is 1. The highest BCUT2D eigenvalue weighted by Crippen LogP contribution is 2.18. The van der Waals surface area contributed by atoms with E-state index in [4.69, 9.17) is 0 Å². The second-order valence-electron chi connectivity index (χ2n) is 6.57. The van der Waals surface area contributed by atoms with Crippen LogP contribution in [0.15, 0.2) is 60.7 Å². The van der Waals surface area contributed by atoms with Crippen LogP contribution >= 0.6 is 0 Å². The molecule has 1 amide bonds. The van der Waals surface area contributed by atoms with Crippen molar-refractivity contribution in [2.24, 2.45) is 0 Å². The molecule has 0 saturated heterocycles. The molecule has 0 saturated carbocycles. The van der Waals surface area contributed by atoms with E-state index in [0.717, 1.165) is 17.7 Å². The molecule has 144 valence electrons. The molecule has 0 atom stereocenters. The number of carbonyl (C=O) groups excluding carboxylic acids is 1. The van der Waals surface area contributed by atoms with Crippen LogP contribution in [0.3, 0.4) is 0 Å². The van der Waals surface area contributed by atoms with Gasteiger partial charge in [-0.05, 0) is 43.7 Å². The molecule has 0 aliphatic rings. The molecule has 0 aliphatic heterocycles. The van der Waals surface area contributed by atoms with Gasteiger partial charge in [0, 0.05) is 24.3 Å². The molecule has 1 N–H and O–H groups in total. The van der Waals surface area contributed by atoms with Crippen LogP contribution in [0.4, 0.5) is 20.3 Å². The third kappa shape index (κ3) is 4.68. The van der Waals surface area contributed by atoms with Crippen molar-refractivity contribution >= 4 is 17.4 Å². The molecule has 1 heterocycles. The molecule has 0 bridgehead atoms. The zero-order valence-electron chi connectivity index (χ0n) is 15.6. The monoisotopic (exact) mass is 382 g/mol. The van der Waals surface area contributed by atoms with E-state index in [1.165, 1.54) is 6.07 Å². The van der Waals surface area contributed by atoms with Crippen LogP contribution < -0.4 is 10.2 Å². The highest BCUT2D eigenvalue weighted by atomic mass is 19.2. The van der Waals surface area contributed by atoms with Gasteiger partial charge in [-0.1, -0.05) is 30.3 Å². The van der Waals surface area contributed by atoms with Gasteiger partial charge in [0.05, 0.1) is 0 Å². The van der Waals surface area contributed by atoms with E-state index in [1.54, 1.807) is 12.1 Å². The van der Waals surface area contributed by atoms with E-state index in [9.17, 15) is 13.6 Å². The van der Waals surface area contributed by atoms with E-state index in [2.05, 4.69) is 20.4 Å². The predicted molar refractivity (Wildman–Crippen MR) is 104 cm³/mol. The average Bonchev–Trinajstić information content (AvgIpc) is 2.69. The Morgan fingerprint density at radius 3 is 2.36 bits per heavy atom. The first-order valence-electron chi connectivity index (χ1n) is 8.84. The molecule has 3 rings (SSSR count). The summed E-state index contributed by atoms with van der Waals surface area (Å²) in [6, 6.07) is 16.6. The van der Waals surface area contributed by atoms with Gasteiger partial charge in [-0.25, -0.2) is 8.78 Å². The summed E-state index contributed by atoms with van der Waals surface area (Å²) in [5.41, 5.74) is 1.36. The Balaban J connectivity index is 1.73. The first-order chi connectivity index (χ1) is 13.4. The molecule has 0 aliphatic carbocycles. The molecular formula is C21H20F2N4O. The molecule has 7 heteroatoms. The van der Waals surface area contributed by atoms with Crippen molar-refractivity contribution in [2.75, 3.05) is 10.2 Å². The fraction of sp³-hybridized carbons (Fsp3) is 0.190. The lowest BCUT2D eigenvalue weighted by Gasteiger charge is -2.27. The Morgan fingerprint density at radius 2 is 1.75 bits per heavy atom. The summed E-state index contributed by atoms with van der Waals surface area (Å²) in [5.74, 6) is -1.92. The van der Waals surface area contributed by atoms with Gasteiger partial charge in [0.15, 0.2) is 23.1 Å². The van der Waals surface area contributed by atoms with Gasteiger partial charge < -0.3 is 10.2 Å². The smallest absolute Gasteiger partial charge is 0.276 e. The second-order valence-corrected chi connectivity index (χ2v) is 6.57. The molecular weight excluding hydrogens is 362 g/mol. The van der Waals surface area contributed by atoms with Crippen molar-refractivity contribution in [3.05, 3.63) is 83.6 Å².